The molecule has 1 saturated heterocycles. The Bertz CT molecular complexity index is 880. The first kappa shape index (κ1) is 21.0. The first-order valence-electron chi connectivity index (χ1n) is 9.96. The van der Waals surface area contributed by atoms with E-state index in [2.05, 4.69) is 11.8 Å². The molecule has 0 spiro atoms. The molecule has 2 N–H and O–H groups in total. The van der Waals surface area contributed by atoms with Gasteiger partial charge >= 0.3 is 0 Å². The lowest BCUT2D eigenvalue weighted by atomic mass is 9.97. The molecule has 6 nitrogen and oxygen atoms in total. The van der Waals surface area contributed by atoms with Crippen molar-refractivity contribution in [2.75, 3.05) is 20.8 Å². The normalized spacial score (nSPS) is 17.1. The number of likely N-dealkylation sites (tertiary alicyclic amines) is 1. The number of carbonyl (C=O) groups excluding carboxylic acids is 1. The van der Waals surface area contributed by atoms with Crippen molar-refractivity contribution in [3.05, 3.63) is 47.0 Å². The van der Waals surface area contributed by atoms with Gasteiger partial charge in [0, 0.05) is 19.0 Å². The number of phenolic OH excluding ortho intramolecular Hbond substituents is 2. The highest BCUT2D eigenvalue weighted by Crippen LogP contribution is 2.34. The van der Waals surface area contributed by atoms with E-state index in [4.69, 9.17) is 9.47 Å². The first-order chi connectivity index (χ1) is 13.9. The van der Waals surface area contributed by atoms with Gasteiger partial charge in [0.15, 0.2) is 17.3 Å². The number of aromatic hydroxyl groups is 2. The van der Waals surface area contributed by atoms with Gasteiger partial charge in [0.2, 0.25) is 0 Å². The number of carbonyl (C=O) groups is 1. The Morgan fingerprint density at radius 2 is 1.86 bits per heavy atom. The summed E-state index contributed by atoms with van der Waals surface area (Å²) in [5.41, 5.74) is 1.39. The molecule has 1 heterocycles. The number of hydrogen-bond acceptors (Lipinski definition) is 6. The van der Waals surface area contributed by atoms with Gasteiger partial charge in [0.1, 0.15) is 11.5 Å². The van der Waals surface area contributed by atoms with Gasteiger partial charge in [-0.15, -0.1) is 0 Å². The molecule has 0 aromatic heterocycles. The van der Waals surface area contributed by atoms with Gasteiger partial charge in [-0.1, -0.05) is 12.5 Å². The van der Waals surface area contributed by atoms with Crippen molar-refractivity contribution in [1.29, 1.82) is 0 Å². The minimum absolute atomic E-state index is 0.0166. The highest BCUT2D eigenvalue weighted by atomic mass is 16.5. The third kappa shape index (κ3) is 4.65. The van der Waals surface area contributed by atoms with Crippen LogP contribution >= 0.6 is 0 Å². The SMILES string of the molecule is COc1ccc(CC(=O)c2ccc(O)c(CN3CCCCC3C)c2O)cc1OC. The Hall–Kier alpha value is -2.73. The molecule has 0 radical (unpaired) electrons. The van der Waals surface area contributed by atoms with Crippen molar-refractivity contribution >= 4 is 5.78 Å². The highest BCUT2D eigenvalue weighted by molar-refractivity contribution is 6.00. The van der Waals surface area contributed by atoms with Crippen LogP contribution < -0.4 is 9.47 Å². The molecule has 0 aliphatic carbocycles. The molecule has 0 amide bonds. The minimum atomic E-state index is -0.220. The fourth-order valence-electron chi connectivity index (χ4n) is 3.87. The predicted molar refractivity (Wildman–Crippen MR) is 111 cm³/mol. The average Bonchev–Trinajstić information content (AvgIpc) is 2.72. The Morgan fingerprint density at radius 1 is 1.10 bits per heavy atom. The second-order valence-electron chi connectivity index (χ2n) is 7.56. The second-order valence-corrected chi connectivity index (χ2v) is 7.56. The molecule has 6 heteroatoms. The lowest BCUT2D eigenvalue weighted by molar-refractivity contribution is 0.0989. The van der Waals surface area contributed by atoms with Gasteiger partial charge < -0.3 is 19.7 Å². The summed E-state index contributed by atoms with van der Waals surface area (Å²) in [6.07, 6.45) is 3.50. The van der Waals surface area contributed by atoms with E-state index in [-0.39, 0.29) is 29.3 Å². The van der Waals surface area contributed by atoms with Crippen molar-refractivity contribution in [1.82, 2.24) is 4.90 Å². The van der Waals surface area contributed by atoms with Crippen LogP contribution in [-0.2, 0) is 13.0 Å². The lowest BCUT2D eigenvalue weighted by Crippen LogP contribution is -2.36. The molecular weight excluding hydrogens is 370 g/mol. The van der Waals surface area contributed by atoms with Crippen molar-refractivity contribution in [3.63, 3.8) is 0 Å². The Balaban J connectivity index is 1.82. The summed E-state index contributed by atoms with van der Waals surface area (Å²) in [7, 11) is 3.10. The summed E-state index contributed by atoms with van der Waals surface area (Å²) < 4.78 is 10.5. The molecule has 2 aromatic rings. The van der Waals surface area contributed by atoms with Crippen LogP contribution in [0.15, 0.2) is 30.3 Å². The quantitative estimate of drug-likeness (QED) is 0.687. The number of benzene rings is 2. The molecule has 1 fully saturated rings. The summed E-state index contributed by atoms with van der Waals surface area (Å²) in [4.78, 5) is 15.1. The molecule has 3 rings (SSSR count). The monoisotopic (exact) mass is 399 g/mol. The van der Waals surface area contributed by atoms with Crippen molar-refractivity contribution in [3.8, 4) is 23.0 Å². The molecule has 1 atom stereocenters. The molecule has 1 aliphatic rings. The van der Waals surface area contributed by atoms with Gasteiger partial charge in [0.25, 0.3) is 0 Å². The van der Waals surface area contributed by atoms with E-state index in [1.807, 2.05) is 0 Å². The number of methoxy groups -OCH3 is 2. The van der Waals surface area contributed by atoms with Gasteiger partial charge in [-0.2, -0.15) is 0 Å². The fraction of sp³-hybridized carbons (Fsp3) is 0.435. The summed E-state index contributed by atoms with van der Waals surface area (Å²) >= 11 is 0. The van der Waals surface area contributed by atoms with E-state index >= 15 is 0 Å². The number of ether oxygens (including phenoxy) is 2. The zero-order valence-corrected chi connectivity index (χ0v) is 17.3. The molecule has 0 bridgehead atoms. The van der Waals surface area contributed by atoms with Crippen molar-refractivity contribution in [2.45, 2.75) is 45.2 Å². The number of ketones is 1. The largest absolute Gasteiger partial charge is 0.507 e. The second kappa shape index (κ2) is 9.18. The van der Waals surface area contributed by atoms with Crippen LogP contribution in [0.3, 0.4) is 0 Å². The number of piperidine rings is 1. The van der Waals surface area contributed by atoms with Gasteiger partial charge in [-0.05, 0) is 56.1 Å². The molecule has 0 saturated carbocycles. The fourth-order valence-corrected chi connectivity index (χ4v) is 3.87. The number of hydrogen-bond donors (Lipinski definition) is 2. The standard InChI is InChI=1S/C23H29NO5/c1-15-6-4-5-11-24(15)14-18-19(25)9-8-17(23(18)27)20(26)12-16-7-10-21(28-2)22(13-16)29-3/h7-10,13,15,25,27H,4-6,11-12,14H2,1-3H3. The molecule has 2 aromatic carbocycles. The highest BCUT2D eigenvalue weighted by Gasteiger charge is 2.24. The van der Waals surface area contributed by atoms with Crippen molar-refractivity contribution < 1.29 is 24.5 Å². The summed E-state index contributed by atoms with van der Waals surface area (Å²) in [5, 5.41) is 21.1. The van der Waals surface area contributed by atoms with E-state index < -0.39 is 0 Å². The zero-order chi connectivity index (χ0) is 21.0. The smallest absolute Gasteiger partial charge is 0.170 e. The zero-order valence-electron chi connectivity index (χ0n) is 17.3. The average molecular weight is 399 g/mol. The van der Waals surface area contributed by atoms with Crippen LogP contribution in [0.5, 0.6) is 23.0 Å². The number of phenols is 2. The molecule has 1 aliphatic heterocycles. The third-order valence-corrected chi connectivity index (χ3v) is 5.67. The van der Waals surface area contributed by atoms with Crippen LogP contribution in [0, 0.1) is 0 Å². The summed E-state index contributed by atoms with van der Waals surface area (Å²) in [5.74, 6) is 0.806. The minimum Gasteiger partial charge on any atom is -0.507 e. The molecule has 156 valence electrons. The maximum absolute atomic E-state index is 12.9. The van der Waals surface area contributed by atoms with Crippen LogP contribution in [0.4, 0.5) is 0 Å². The van der Waals surface area contributed by atoms with E-state index in [0.29, 0.717) is 29.6 Å². The van der Waals surface area contributed by atoms with Gasteiger partial charge in [0.05, 0.1) is 25.3 Å². The van der Waals surface area contributed by atoms with Crippen LogP contribution in [-0.4, -0.2) is 47.7 Å². The van der Waals surface area contributed by atoms with Gasteiger partial charge in [-0.25, -0.2) is 0 Å². The number of Topliss-reactive ketones (excluding diaryl/α,β-unsaturated/α-hetero) is 1. The maximum Gasteiger partial charge on any atom is 0.170 e. The van der Waals surface area contributed by atoms with Crippen LogP contribution in [0.1, 0.15) is 47.7 Å². The van der Waals surface area contributed by atoms with Gasteiger partial charge in [-0.3, -0.25) is 9.69 Å². The Labute approximate surface area is 171 Å². The van der Waals surface area contributed by atoms with Crippen LogP contribution in [0.2, 0.25) is 0 Å². The molecule has 1 unspecified atom stereocenters. The molecular formula is C23H29NO5. The summed E-state index contributed by atoms with van der Waals surface area (Å²) in [6, 6.07) is 8.66. The van der Waals surface area contributed by atoms with E-state index in [1.165, 1.54) is 18.6 Å². The Morgan fingerprint density at radius 3 is 2.55 bits per heavy atom. The van der Waals surface area contributed by atoms with E-state index in [0.717, 1.165) is 24.9 Å². The number of nitrogens with zero attached hydrogens (tertiary/aromatic N) is 1. The van der Waals surface area contributed by atoms with E-state index in [9.17, 15) is 15.0 Å². The maximum atomic E-state index is 12.9. The van der Waals surface area contributed by atoms with Crippen molar-refractivity contribution in [2.24, 2.45) is 0 Å². The Kier molecular flexibility index (Phi) is 6.64. The molecule has 29 heavy (non-hydrogen) atoms. The lowest BCUT2D eigenvalue weighted by Gasteiger charge is -2.33. The predicted octanol–water partition coefficient (Wildman–Crippen LogP) is 3.91. The number of rotatable bonds is 7. The third-order valence-electron chi connectivity index (χ3n) is 5.67. The summed E-state index contributed by atoms with van der Waals surface area (Å²) in [6.45, 7) is 3.50. The first-order valence-corrected chi connectivity index (χ1v) is 9.96. The topological polar surface area (TPSA) is 79.2 Å². The van der Waals surface area contributed by atoms with E-state index in [1.54, 1.807) is 32.4 Å². The van der Waals surface area contributed by atoms with Crippen LogP contribution in [0.25, 0.3) is 0 Å².